The molecule has 18 heavy (non-hydrogen) atoms. The highest BCUT2D eigenvalue weighted by Crippen LogP contribution is 2.38. The van der Waals surface area contributed by atoms with Gasteiger partial charge in [-0.3, -0.25) is 4.79 Å². The highest BCUT2D eigenvalue weighted by atomic mass is 16.5. The number of methoxy groups -OCH3 is 3. The lowest BCUT2D eigenvalue weighted by molar-refractivity contribution is -0.114. The van der Waals surface area contributed by atoms with Gasteiger partial charge in [0, 0.05) is 6.42 Å². The molecule has 1 rings (SSSR count). The van der Waals surface area contributed by atoms with Crippen LogP contribution in [0.5, 0.6) is 17.2 Å². The molecule has 0 heterocycles. The number of benzene rings is 1. The number of hydrogen-bond donors (Lipinski definition) is 0. The van der Waals surface area contributed by atoms with Crippen LogP contribution < -0.4 is 14.2 Å². The summed E-state index contributed by atoms with van der Waals surface area (Å²) in [7, 11) is 4.67. The Labute approximate surface area is 107 Å². The van der Waals surface area contributed by atoms with Crippen molar-refractivity contribution in [1.82, 2.24) is 0 Å². The molecule has 98 valence electrons. The summed E-state index contributed by atoms with van der Waals surface area (Å²) in [5.41, 5.74) is 0.825. The van der Waals surface area contributed by atoms with Crippen LogP contribution in [0.3, 0.4) is 0 Å². The first-order valence-electron chi connectivity index (χ1n) is 5.67. The van der Waals surface area contributed by atoms with E-state index in [1.165, 1.54) is 0 Å². The molecular formula is C14H18O4. The average Bonchev–Trinajstić information content (AvgIpc) is 2.43. The van der Waals surface area contributed by atoms with Crippen LogP contribution in [0, 0.1) is 0 Å². The number of allylic oxidation sites excluding steroid dienone is 1. The monoisotopic (exact) mass is 250 g/mol. The van der Waals surface area contributed by atoms with Crippen molar-refractivity contribution in [3.8, 4) is 17.2 Å². The fourth-order valence-electron chi connectivity index (χ4n) is 1.50. The molecule has 0 amide bonds. The smallest absolute Gasteiger partial charge is 0.203 e. The summed E-state index contributed by atoms with van der Waals surface area (Å²) in [6.45, 7) is 1.82. The maximum atomic E-state index is 11.2. The maximum Gasteiger partial charge on any atom is 0.203 e. The zero-order valence-corrected chi connectivity index (χ0v) is 11.1. The van der Waals surface area contributed by atoms with Crippen molar-refractivity contribution in [3.05, 3.63) is 23.8 Å². The van der Waals surface area contributed by atoms with Crippen molar-refractivity contribution in [3.63, 3.8) is 0 Å². The number of ether oxygens (including phenoxy) is 3. The summed E-state index contributed by atoms with van der Waals surface area (Å²) in [5.74, 6) is 1.75. The van der Waals surface area contributed by atoms with Gasteiger partial charge in [0.1, 0.15) is 0 Å². The summed E-state index contributed by atoms with van der Waals surface area (Å²) in [4.78, 5) is 11.2. The Bertz CT molecular complexity index is 424. The van der Waals surface area contributed by atoms with E-state index in [4.69, 9.17) is 14.2 Å². The Morgan fingerprint density at radius 2 is 1.67 bits per heavy atom. The normalized spacial score (nSPS) is 10.4. The topological polar surface area (TPSA) is 44.8 Å². The first-order valence-corrected chi connectivity index (χ1v) is 5.67. The van der Waals surface area contributed by atoms with Gasteiger partial charge in [-0.15, -0.1) is 0 Å². The third-order valence-corrected chi connectivity index (χ3v) is 2.50. The predicted molar refractivity (Wildman–Crippen MR) is 70.4 cm³/mol. The predicted octanol–water partition coefficient (Wildman–Crippen LogP) is 2.70. The van der Waals surface area contributed by atoms with Gasteiger partial charge >= 0.3 is 0 Å². The molecule has 0 fully saturated rings. The molecule has 0 unspecified atom stereocenters. The van der Waals surface area contributed by atoms with Crippen LogP contribution in [0.15, 0.2) is 18.2 Å². The fourth-order valence-corrected chi connectivity index (χ4v) is 1.50. The lowest BCUT2D eigenvalue weighted by Gasteiger charge is -2.12. The molecule has 0 bridgehead atoms. The van der Waals surface area contributed by atoms with E-state index in [-0.39, 0.29) is 5.78 Å². The minimum Gasteiger partial charge on any atom is -0.493 e. The Kier molecular flexibility index (Phi) is 5.24. The molecule has 4 heteroatoms. The van der Waals surface area contributed by atoms with Crippen LogP contribution >= 0.6 is 0 Å². The van der Waals surface area contributed by atoms with Gasteiger partial charge in [-0.1, -0.05) is 13.0 Å². The van der Waals surface area contributed by atoms with Gasteiger partial charge < -0.3 is 14.2 Å². The molecule has 0 aliphatic rings. The molecule has 4 nitrogen and oxygen atoms in total. The molecule has 0 spiro atoms. The summed E-state index contributed by atoms with van der Waals surface area (Å²) in [6.07, 6.45) is 3.76. The standard InChI is InChI=1S/C14H18O4/c1-5-11(15)7-6-10-8-12(16-2)14(18-4)13(9-10)17-3/h6-9H,5H2,1-4H3/b7-6+. The van der Waals surface area contributed by atoms with Gasteiger partial charge in [-0.25, -0.2) is 0 Å². The van der Waals surface area contributed by atoms with Crippen molar-refractivity contribution < 1.29 is 19.0 Å². The van der Waals surface area contributed by atoms with Gasteiger partial charge in [-0.05, 0) is 23.8 Å². The highest BCUT2D eigenvalue weighted by molar-refractivity contribution is 5.93. The Hall–Kier alpha value is -1.97. The minimum absolute atomic E-state index is 0.0729. The molecule has 0 saturated carbocycles. The molecule has 1 aromatic rings. The number of rotatable bonds is 6. The van der Waals surface area contributed by atoms with E-state index in [1.54, 1.807) is 45.6 Å². The second-order valence-corrected chi connectivity index (χ2v) is 3.61. The highest BCUT2D eigenvalue weighted by Gasteiger charge is 2.11. The third kappa shape index (κ3) is 3.26. The summed E-state index contributed by atoms with van der Waals surface area (Å²) in [5, 5.41) is 0. The van der Waals surface area contributed by atoms with Gasteiger partial charge in [-0.2, -0.15) is 0 Å². The van der Waals surface area contributed by atoms with E-state index in [1.807, 2.05) is 6.92 Å². The second kappa shape index (κ2) is 6.69. The minimum atomic E-state index is 0.0729. The van der Waals surface area contributed by atoms with E-state index in [0.717, 1.165) is 5.56 Å². The Morgan fingerprint density at radius 1 is 1.11 bits per heavy atom. The molecule has 0 saturated heterocycles. The van der Waals surface area contributed by atoms with Crippen molar-refractivity contribution in [2.45, 2.75) is 13.3 Å². The number of hydrogen-bond acceptors (Lipinski definition) is 4. The quantitative estimate of drug-likeness (QED) is 0.728. The third-order valence-electron chi connectivity index (χ3n) is 2.50. The largest absolute Gasteiger partial charge is 0.493 e. The Balaban J connectivity index is 3.15. The lowest BCUT2D eigenvalue weighted by atomic mass is 10.1. The summed E-state index contributed by atoms with van der Waals surface area (Å²) in [6, 6.07) is 3.58. The summed E-state index contributed by atoms with van der Waals surface area (Å²) >= 11 is 0. The lowest BCUT2D eigenvalue weighted by Crippen LogP contribution is -1.95. The van der Waals surface area contributed by atoms with E-state index >= 15 is 0 Å². The summed E-state index contributed by atoms with van der Waals surface area (Å²) < 4.78 is 15.7. The van der Waals surface area contributed by atoms with Gasteiger partial charge in [0.2, 0.25) is 5.75 Å². The van der Waals surface area contributed by atoms with Crippen LogP contribution in [0.4, 0.5) is 0 Å². The van der Waals surface area contributed by atoms with Crippen molar-refractivity contribution in [2.24, 2.45) is 0 Å². The maximum absolute atomic E-state index is 11.2. The first kappa shape index (κ1) is 14.1. The number of carbonyl (C=O) groups is 1. The van der Waals surface area contributed by atoms with E-state index in [0.29, 0.717) is 23.7 Å². The molecular weight excluding hydrogens is 232 g/mol. The fraction of sp³-hybridized carbons (Fsp3) is 0.357. The average molecular weight is 250 g/mol. The van der Waals surface area contributed by atoms with Crippen LogP contribution in [0.25, 0.3) is 6.08 Å². The van der Waals surface area contributed by atoms with Gasteiger partial charge in [0.05, 0.1) is 21.3 Å². The van der Waals surface area contributed by atoms with E-state index < -0.39 is 0 Å². The molecule has 0 radical (unpaired) electrons. The molecule has 0 atom stereocenters. The van der Waals surface area contributed by atoms with Crippen LogP contribution in [0.2, 0.25) is 0 Å². The van der Waals surface area contributed by atoms with Crippen LogP contribution in [-0.2, 0) is 4.79 Å². The van der Waals surface area contributed by atoms with Crippen molar-refractivity contribution >= 4 is 11.9 Å². The molecule has 0 N–H and O–H groups in total. The number of carbonyl (C=O) groups excluding carboxylic acids is 1. The van der Waals surface area contributed by atoms with E-state index in [9.17, 15) is 4.79 Å². The van der Waals surface area contributed by atoms with Crippen molar-refractivity contribution in [2.75, 3.05) is 21.3 Å². The molecule has 0 aliphatic heterocycles. The van der Waals surface area contributed by atoms with Crippen LogP contribution in [0.1, 0.15) is 18.9 Å². The SMILES string of the molecule is CCC(=O)/C=C/c1cc(OC)c(OC)c(OC)c1. The van der Waals surface area contributed by atoms with Gasteiger partial charge in [0.15, 0.2) is 17.3 Å². The molecule has 1 aromatic carbocycles. The van der Waals surface area contributed by atoms with E-state index in [2.05, 4.69) is 0 Å². The Morgan fingerprint density at radius 3 is 2.06 bits per heavy atom. The first-order chi connectivity index (χ1) is 8.65. The zero-order chi connectivity index (χ0) is 13.5. The molecule has 0 aromatic heterocycles. The molecule has 0 aliphatic carbocycles. The number of ketones is 1. The van der Waals surface area contributed by atoms with Gasteiger partial charge in [0.25, 0.3) is 0 Å². The second-order valence-electron chi connectivity index (χ2n) is 3.61. The van der Waals surface area contributed by atoms with Crippen molar-refractivity contribution in [1.29, 1.82) is 0 Å². The van der Waals surface area contributed by atoms with Crippen LogP contribution in [-0.4, -0.2) is 27.1 Å². The zero-order valence-electron chi connectivity index (χ0n) is 11.1.